The molecule has 0 radical (unpaired) electrons. The number of nitrogens with one attached hydrogen (secondary N) is 1. The highest BCUT2D eigenvalue weighted by Crippen LogP contribution is 2.33. The number of aryl methyl sites for hydroxylation is 2. The molecule has 1 saturated carbocycles. The number of nitrogens with zero attached hydrogens (tertiary/aromatic N) is 2. The zero-order valence-corrected chi connectivity index (χ0v) is 12.9. The van der Waals surface area contributed by atoms with Gasteiger partial charge in [0.25, 0.3) is 0 Å². The molecule has 1 heterocycles. The number of rotatable bonds is 6. The molecule has 0 saturated heterocycles. The lowest BCUT2D eigenvalue weighted by Gasteiger charge is -2.35. The molecule has 1 aliphatic carbocycles. The number of hydrogen-bond donors (Lipinski definition) is 2. The van der Waals surface area contributed by atoms with Gasteiger partial charge in [0, 0.05) is 19.4 Å². The predicted molar refractivity (Wildman–Crippen MR) is 77.6 cm³/mol. The summed E-state index contributed by atoms with van der Waals surface area (Å²) in [6.45, 7) is 4.27. The number of aromatic nitrogens is 2. The van der Waals surface area contributed by atoms with Crippen LogP contribution in [0.2, 0.25) is 0 Å². The maximum Gasteiger partial charge on any atom is 0.227 e. The Kier molecular flexibility index (Phi) is 5.33. The standard InChI is InChI=1S/C15H25N3O3/c1-3-12-6-8-15(20,9-7-12)10-16-13(19)4-5-14-17-11(2)18-21-14/h12,20H,3-10H2,1-2H3,(H,16,19). The topological polar surface area (TPSA) is 88.2 Å². The van der Waals surface area contributed by atoms with Crippen LogP contribution in [-0.4, -0.2) is 33.3 Å². The van der Waals surface area contributed by atoms with E-state index in [9.17, 15) is 9.90 Å². The summed E-state index contributed by atoms with van der Waals surface area (Å²) in [4.78, 5) is 15.9. The Morgan fingerprint density at radius 3 is 2.76 bits per heavy atom. The average Bonchev–Trinajstić information content (AvgIpc) is 2.90. The van der Waals surface area contributed by atoms with Gasteiger partial charge in [-0.1, -0.05) is 18.5 Å². The molecule has 2 rings (SSSR count). The molecule has 1 aromatic heterocycles. The number of aliphatic hydroxyl groups is 1. The molecule has 6 heteroatoms. The van der Waals surface area contributed by atoms with Gasteiger partial charge in [0.2, 0.25) is 11.8 Å². The first kappa shape index (κ1) is 15.9. The Hall–Kier alpha value is -1.43. The van der Waals surface area contributed by atoms with E-state index in [1.807, 2.05) is 0 Å². The van der Waals surface area contributed by atoms with Gasteiger partial charge in [-0.05, 0) is 38.5 Å². The molecule has 1 aromatic rings. The van der Waals surface area contributed by atoms with Crippen LogP contribution in [-0.2, 0) is 11.2 Å². The zero-order valence-electron chi connectivity index (χ0n) is 12.9. The van der Waals surface area contributed by atoms with Crippen molar-refractivity contribution < 1.29 is 14.4 Å². The smallest absolute Gasteiger partial charge is 0.227 e. The zero-order chi connectivity index (χ0) is 15.3. The number of hydrogen-bond acceptors (Lipinski definition) is 5. The molecule has 2 N–H and O–H groups in total. The van der Waals surface area contributed by atoms with Gasteiger partial charge in [-0.2, -0.15) is 4.98 Å². The van der Waals surface area contributed by atoms with Crippen molar-refractivity contribution in [2.45, 2.75) is 64.4 Å². The first-order valence-electron chi connectivity index (χ1n) is 7.79. The second kappa shape index (κ2) is 7.02. The minimum atomic E-state index is -0.734. The second-order valence-electron chi connectivity index (χ2n) is 6.09. The molecule has 0 aromatic carbocycles. The Morgan fingerprint density at radius 1 is 1.48 bits per heavy atom. The van der Waals surface area contributed by atoms with Crippen LogP contribution in [0.1, 0.15) is 57.2 Å². The van der Waals surface area contributed by atoms with E-state index in [4.69, 9.17) is 4.52 Å². The molecule has 0 bridgehead atoms. The number of amides is 1. The number of carbonyl (C=O) groups is 1. The number of carbonyl (C=O) groups excluding carboxylic acids is 1. The Labute approximate surface area is 125 Å². The molecule has 0 spiro atoms. The van der Waals surface area contributed by atoms with Crippen molar-refractivity contribution in [1.29, 1.82) is 0 Å². The first-order chi connectivity index (χ1) is 10.0. The molecule has 6 nitrogen and oxygen atoms in total. The maximum atomic E-state index is 11.8. The quantitative estimate of drug-likeness (QED) is 0.835. The van der Waals surface area contributed by atoms with Crippen LogP contribution < -0.4 is 5.32 Å². The summed E-state index contributed by atoms with van der Waals surface area (Å²) in [5, 5.41) is 17.0. The molecule has 1 amide bonds. The fraction of sp³-hybridized carbons (Fsp3) is 0.800. The SMILES string of the molecule is CCC1CCC(O)(CNC(=O)CCc2nc(C)no2)CC1. The highest BCUT2D eigenvalue weighted by atomic mass is 16.5. The third-order valence-electron chi connectivity index (χ3n) is 4.36. The Morgan fingerprint density at radius 2 is 2.19 bits per heavy atom. The average molecular weight is 295 g/mol. The summed E-state index contributed by atoms with van der Waals surface area (Å²) in [5.74, 6) is 1.69. The van der Waals surface area contributed by atoms with Gasteiger partial charge in [-0.25, -0.2) is 0 Å². The molecule has 0 atom stereocenters. The van der Waals surface area contributed by atoms with Crippen LogP contribution in [0.15, 0.2) is 4.52 Å². The molecule has 0 unspecified atom stereocenters. The van der Waals surface area contributed by atoms with Crippen LogP contribution in [0.4, 0.5) is 0 Å². The van der Waals surface area contributed by atoms with Crippen LogP contribution in [0.3, 0.4) is 0 Å². The van der Waals surface area contributed by atoms with Crippen LogP contribution in [0.5, 0.6) is 0 Å². The highest BCUT2D eigenvalue weighted by Gasteiger charge is 2.32. The summed E-state index contributed by atoms with van der Waals surface area (Å²) in [7, 11) is 0. The van der Waals surface area contributed by atoms with Crippen molar-refractivity contribution in [3.05, 3.63) is 11.7 Å². The molecule has 1 aliphatic rings. The van der Waals surface area contributed by atoms with E-state index < -0.39 is 5.60 Å². The summed E-state index contributed by atoms with van der Waals surface area (Å²) in [6, 6.07) is 0. The van der Waals surface area contributed by atoms with Crippen LogP contribution in [0.25, 0.3) is 0 Å². The van der Waals surface area contributed by atoms with E-state index in [2.05, 4.69) is 22.4 Å². The first-order valence-corrected chi connectivity index (χ1v) is 7.79. The fourth-order valence-corrected chi connectivity index (χ4v) is 2.81. The van der Waals surface area contributed by atoms with Crippen molar-refractivity contribution in [3.8, 4) is 0 Å². The lowest BCUT2D eigenvalue weighted by Crippen LogP contribution is -2.45. The summed E-state index contributed by atoms with van der Waals surface area (Å²) >= 11 is 0. The third-order valence-corrected chi connectivity index (χ3v) is 4.36. The summed E-state index contributed by atoms with van der Waals surface area (Å²) in [6.07, 6.45) is 5.54. The lowest BCUT2D eigenvalue weighted by molar-refractivity contribution is -0.122. The molecular weight excluding hydrogens is 270 g/mol. The van der Waals surface area contributed by atoms with Gasteiger partial charge in [0.15, 0.2) is 5.82 Å². The summed E-state index contributed by atoms with van der Waals surface area (Å²) < 4.78 is 4.96. The minimum absolute atomic E-state index is 0.0862. The molecule has 1 fully saturated rings. The van der Waals surface area contributed by atoms with Crippen molar-refractivity contribution in [3.63, 3.8) is 0 Å². The van der Waals surface area contributed by atoms with Gasteiger partial charge >= 0.3 is 0 Å². The van der Waals surface area contributed by atoms with Crippen LogP contribution >= 0.6 is 0 Å². The van der Waals surface area contributed by atoms with E-state index in [1.54, 1.807) is 6.92 Å². The molecule has 118 valence electrons. The fourth-order valence-electron chi connectivity index (χ4n) is 2.81. The lowest BCUT2D eigenvalue weighted by atomic mass is 9.78. The Balaban J connectivity index is 1.69. The van der Waals surface area contributed by atoms with E-state index in [0.717, 1.165) is 31.6 Å². The van der Waals surface area contributed by atoms with E-state index >= 15 is 0 Å². The summed E-state index contributed by atoms with van der Waals surface area (Å²) in [5.41, 5.74) is -0.734. The van der Waals surface area contributed by atoms with Gasteiger partial charge in [-0.3, -0.25) is 4.79 Å². The van der Waals surface area contributed by atoms with E-state index in [0.29, 0.717) is 31.1 Å². The van der Waals surface area contributed by atoms with Gasteiger partial charge in [-0.15, -0.1) is 0 Å². The monoisotopic (exact) mass is 295 g/mol. The Bertz CT molecular complexity index is 464. The maximum absolute atomic E-state index is 11.8. The molecule has 0 aliphatic heterocycles. The van der Waals surface area contributed by atoms with Crippen molar-refractivity contribution in [2.75, 3.05) is 6.54 Å². The molecule has 21 heavy (non-hydrogen) atoms. The van der Waals surface area contributed by atoms with Crippen molar-refractivity contribution in [2.24, 2.45) is 5.92 Å². The van der Waals surface area contributed by atoms with Gasteiger partial charge in [0.1, 0.15) is 0 Å². The minimum Gasteiger partial charge on any atom is -0.388 e. The van der Waals surface area contributed by atoms with Crippen molar-refractivity contribution >= 4 is 5.91 Å². The third kappa shape index (κ3) is 4.81. The second-order valence-corrected chi connectivity index (χ2v) is 6.09. The highest BCUT2D eigenvalue weighted by molar-refractivity contribution is 5.76. The van der Waals surface area contributed by atoms with Gasteiger partial charge < -0.3 is 14.9 Å². The van der Waals surface area contributed by atoms with E-state index in [-0.39, 0.29) is 5.91 Å². The molecular formula is C15H25N3O3. The van der Waals surface area contributed by atoms with Crippen LogP contribution in [0, 0.1) is 12.8 Å². The predicted octanol–water partition coefficient (Wildman–Crippen LogP) is 1.76. The van der Waals surface area contributed by atoms with Crippen molar-refractivity contribution in [1.82, 2.24) is 15.5 Å². The van der Waals surface area contributed by atoms with Gasteiger partial charge in [0.05, 0.1) is 5.60 Å². The van der Waals surface area contributed by atoms with E-state index in [1.165, 1.54) is 6.42 Å². The normalized spacial score (nSPS) is 25.8. The largest absolute Gasteiger partial charge is 0.388 e.